The molecule has 1 saturated heterocycles. The summed E-state index contributed by atoms with van der Waals surface area (Å²) in [6.45, 7) is 6.66. The Bertz CT molecular complexity index is 1030. The quantitative estimate of drug-likeness (QED) is 0.760. The number of hydrogen-bond donors (Lipinski definition) is 1. The molecule has 0 bridgehead atoms. The van der Waals surface area contributed by atoms with Crippen molar-refractivity contribution in [1.29, 1.82) is 0 Å². The minimum absolute atomic E-state index is 0.407. The van der Waals surface area contributed by atoms with Crippen LogP contribution < -0.4 is 5.73 Å². The van der Waals surface area contributed by atoms with Crippen LogP contribution in [0.1, 0.15) is 16.7 Å². The lowest BCUT2D eigenvalue weighted by Gasteiger charge is -2.31. The SMILES string of the molecule is Cc1cccc(-c2nc3cc(C)ccc3cc2CN2CCO[C@H](C(N)=O)C2)c1. The number of pyridine rings is 1. The second-order valence-electron chi connectivity index (χ2n) is 7.56. The fraction of sp³-hybridized carbons (Fsp3) is 0.304. The van der Waals surface area contributed by atoms with E-state index in [1.165, 1.54) is 11.1 Å². The van der Waals surface area contributed by atoms with Crippen molar-refractivity contribution in [1.82, 2.24) is 9.88 Å². The van der Waals surface area contributed by atoms with Crippen LogP contribution in [0.5, 0.6) is 0 Å². The van der Waals surface area contributed by atoms with E-state index in [-0.39, 0.29) is 0 Å². The molecule has 4 rings (SSSR count). The fourth-order valence-electron chi connectivity index (χ4n) is 3.74. The van der Waals surface area contributed by atoms with Gasteiger partial charge < -0.3 is 10.5 Å². The zero-order chi connectivity index (χ0) is 19.7. The molecule has 3 aromatic rings. The fourth-order valence-corrected chi connectivity index (χ4v) is 3.74. The summed E-state index contributed by atoms with van der Waals surface area (Å²) < 4.78 is 5.49. The van der Waals surface area contributed by atoms with Gasteiger partial charge in [-0.15, -0.1) is 0 Å². The van der Waals surface area contributed by atoms with E-state index in [2.05, 4.69) is 67.3 Å². The molecule has 2 aromatic carbocycles. The first-order valence-corrected chi connectivity index (χ1v) is 9.60. The molecule has 5 heteroatoms. The molecule has 1 fully saturated rings. The molecule has 0 radical (unpaired) electrons. The molecule has 1 amide bonds. The van der Waals surface area contributed by atoms with Gasteiger partial charge in [0.05, 0.1) is 17.8 Å². The second-order valence-corrected chi connectivity index (χ2v) is 7.56. The molecule has 144 valence electrons. The first-order valence-electron chi connectivity index (χ1n) is 9.60. The number of hydrogen-bond acceptors (Lipinski definition) is 4. The second kappa shape index (κ2) is 7.70. The number of nitrogens with zero attached hydrogens (tertiary/aromatic N) is 2. The van der Waals surface area contributed by atoms with E-state index >= 15 is 0 Å². The summed E-state index contributed by atoms with van der Waals surface area (Å²) in [4.78, 5) is 18.8. The van der Waals surface area contributed by atoms with E-state index in [4.69, 9.17) is 15.5 Å². The molecule has 0 saturated carbocycles. The Kier molecular flexibility index (Phi) is 5.11. The average molecular weight is 375 g/mol. The molecule has 1 aromatic heterocycles. The lowest BCUT2D eigenvalue weighted by atomic mass is 10.0. The smallest absolute Gasteiger partial charge is 0.247 e. The highest BCUT2D eigenvalue weighted by Gasteiger charge is 2.25. The number of primary amides is 1. The predicted octanol–water partition coefficient (Wildman–Crippen LogP) is 3.20. The van der Waals surface area contributed by atoms with Gasteiger partial charge in [-0.1, -0.05) is 35.9 Å². The molecular weight excluding hydrogens is 350 g/mol. The van der Waals surface area contributed by atoms with Crippen LogP contribution in [-0.4, -0.2) is 41.6 Å². The van der Waals surface area contributed by atoms with Gasteiger partial charge in [-0.05, 0) is 43.2 Å². The largest absolute Gasteiger partial charge is 0.367 e. The predicted molar refractivity (Wildman–Crippen MR) is 111 cm³/mol. The summed E-state index contributed by atoms with van der Waals surface area (Å²) in [5.74, 6) is -0.407. The number of aryl methyl sites for hydroxylation is 2. The van der Waals surface area contributed by atoms with E-state index in [1.807, 2.05) is 0 Å². The number of rotatable bonds is 4. The number of fused-ring (bicyclic) bond motifs is 1. The summed E-state index contributed by atoms with van der Waals surface area (Å²) in [7, 11) is 0. The molecule has 5 nitrogen and oxygen atoms in total. The molecule has 2 N–H and O–H groups in total. The number of carbonyl (C=O) groups is 1. The highest BCUT2D eigenvalue weighted by molar-refractivity contribution is 5.84. The number of amides is 1. The van der Waals surface area contributed by atoms with Crippen molar-refractivity contribution in [3.05, 3.63) is 65.2 Å². The zero-order valence-corrected chi connectivity index (χ0v) is 16.3. The number of carbonyl (C=O) groups excluding carboxylic acids is 1. The van der Waals surface area contributed by atoms with E-state index in [0.29, 0.717) is 19.7 Å². The zero-order valence-electron chi connectivity index (χ0n) is 16.3. The van der Waals surface area contributed by atoms with Gasteiger partial charge in [-0.25, -0.2) is 4.98 Å². The monoisotopic (exact) mass is 375 g/mol. The van der Waals surface area contributed by atoms with E-state index in [9.17, 15) is 4.79 Å². The highest BCUT2D eigenvalue weighted by Crippen LogP contribution is 2.28. The molecule has 1 atom stereocenters. The van der Waals surface area contributed by atoms with Crippen molar-refractivity contribution < 1.29 is 9.53 Å². The molecule has 0 spiro atoms. The number of ether oxygens (including phenoxy) is 1. The summed E-state index contributed by atoms with van der Waals surface area (Å²) in [6, 6.07) is 17.0. The van der Waals surface area contributed by atoms with Crippen molar-refractivity contribution >= 4 is 16.8 Å². The number of aromatic nitrogens is 1. The Morgan fingerprint density at radius 1 is 1.18 bits per heavy atom. The normalized spacial score (nSPS) is 17.7. The minimum Gasteiger partial charge on any atom is -0.367 e. The van der Waals surface area contributed by atoms with Crippen LogP contribution >= 0.6 is 0 Å². The van der Waals surface area contributed by atoms with Crippen molar-refractivity contribution in [3.8, 4) is 11.3 Å². The van der Waals surface area contributed by atoms with Gasteiger partial charge in [0.1, 0.15) is 6.10 Å². The maximum absolute atomic E-state index is 11.5. The number of morpholine rings is 1. The third-order valence-corrected chi connectivity index (χ3v) is 5.21. The van der Waals surface area contributed by atoms with Crippen molar-refractivity contribution in [3.63, 3.8) is 0 Å². The average Bonchev–Trinajstić information content (AvgIpc) is 2.68. The topological polar surface area (TPSA) is 68.5 Å². The molecule has 0 unspecified atom stereocenters. The van der Waals surface area contributed by atoms with Gasteiger partial charge in [0.15, 0.2) is 0 Å². The number of benzene rings is 2. The maximum atomic E-state index is 11.5. The molecule has 1 aliphatic rings. The molecule has 0 aliphatic carbocycles. The Hall–Kier alpha value is -2.76. The Labute approximate surface area is 165 Å². The number of nitrogens with two attached hydrogens (primary N) is 1. The maximum Gasteiger partial charge on any atom is 0.247 e. The van der Waals surface area contributed by atoms with Crippen LogP contribution in [0, 0.1) is 13.8 Å². The van der Waals surface area contributed by atoms with Gasteiger partial charge >= 0.3 is 0 Å². The first-order chi connectivity index (χ1) is 13.5. The van der Waals surface area contributed by atoms with Gasteiger partial charge in [0.25, 0.3) is 0 Å². The third kappa shape index (κ3) is 3.91. The van der Waals surface area contributed by atoms with E-state index in [0.717, 1.165) is 34.3 Å². The van der Waals surface area contributed by atoms with Gasteiger partial charge in [-0.2, -0.15) is 0 Å². The van der Waals surface area contributed by atoms with Crippen molar-refractivity contribution in [2.24, 2.45) is 5.73 Å². The van der Waals surface area contributed by atoms with Crippen LogP contribution in [0.25, 0.3) is 22.2 Å². The van der Waals surface area contributed by atoms with Crippen LogP contribution in [0.2, 0.25) is 0 Å². The molecule has 28 heavy (non-hydrogen) atoms. The van der Waals surface area contributed by atoms with Gasteiger partial charge in [0.2, 0.25) is 5.91 Å². The summed E-state index contributed by atoms with van der Waals surface area (Å²) >= 11 is 0. The van der Waals surface area contributed by atoms with Crippen LogP contribution in [0.4, 0.5) is 0 Å². The highest BCUT2D eigenvalue weighted by atomic mass is 16.5. The standard InChI is InChI=1S/C23H25N3O2/c1-15-4-3-5-18(10-15)22-19(12-17-7-6-16(2)11-20(17)25-22)13-26-8-9-28-21(14-26)23(24)27/h3-7,10-12,21H,8-9,13-14H2,1-2H3,(H2,24,27)/t21-/m0/s1. The van der Waals surface area contributed by atoms with Crippen molar-refractivity contribution in [2.75, 3.05) is 19.7 Å². The molecule has 1 aliphatic heterocycles. The van der Waals surface area contributed by atoms with Crippen molar-refractivity contribution in [2.45, 2.75) is 26.5 Å². The lowest BCUT2D eigenvalue weighted by molar-refractivity contribution is -0.135. The van der Waals surface area contributed by atoms with Crippen LogP contribution in [0.3, 0.4) is 0 Å². The Morgan fingerprint density at radius 2 is 2.00 bits per heavy atom. The Balaban J connectivity index is 1.76. The summed E-state index contributed by atoms with van der Waals surface area (Å²) in [6.07, 6.45) is -0.549. The molecular formula is C23H25N3O2. The van der Waals surface area contributed by atoms with E-state index in [1.54, 1.807) is 0 Å². The molecule has 2 heterocycles. The van der Waals surface area contributed by atoms with Crippen LogP contribution in [-0.2, 0) is 16.1 Å². The minimum atomic E-state index is -0.549. The van der Waals surface area contributed by atoms with Crippen LogP contribution in [0.15, 0.2) is 48.5 Å². The lowest BCUT2D eigenvalue weighted by Crippen LogP contribution is -2.47. The third-order valence-electron chi connectivity index (χ3n) is 5.21. The Morgan fingerprint density at radius 3 is 2.79 bits per heavy atom. The summed E-state index contributed by atoms with van der Waals surface area (Å²) in [5, 5.41) is 1.12. The first kappa shape index (κ1) is 18.6. The van der Waals surface area contributed by atoms with Gasteiger partial charge in [-0.3, -0.25) is 9.69 Å². The van der Waals surface area contributed by atoms with E-state index < -0.39 is 12.0 Å². The summed E-state index contributed by atoms with van der Waals surface area (Å²) in [5.41, 5.74) is 12.1. The van der Waals surface area contributed by atoms with Gasteiger partial charge in [0, 0.05) is 30.6 Å².